The van der Waals surface area contributed by atoms with Crippen LogP contribution in [-0.4, -0.2) is 6.03 Å². The van der Waals surface area contributed by atoms with Crippen LogP contribution in [0.15, 0.2) is 41.0 Å². The SMILES string of the molecule is N#Cc1cc(NC(=O)NCc2ccco2)ccc1Cl. The van der Waals surface area contributed by atoms with Crippen molar-refractivity contribution >= 4 is 23.3 Å². The molecule has 0 unspecified atom stereocenters. The Morgan fingerprint density at radius 2 is 2.26 bits per heavy atom. The number of hydrogen-bond acceptors (Lipinski definition) is 3. The van der Waals surface area contributed by atoms with Crippen molar-refractivity contribution in [3.05, 3.63) is 52.9 Å². The van der Waals surface area contributed by atoms with Gasteiger partial charge >= 0.3 is 6.03 Å². The fourth-order valence-corrected chi connectivity index (χ4v) is 1.60. The van der Waals surface area contributed by atoms with Crippen LogP contribution in [0.4, 0.5) is 10.5 Å². The molecular weight excluding hydrogens is 266 g/mol. The monoisotopic (exact) mass is 275 g/mol. The molecule has 1 aromatic carbocycles. The van der Waals surface area contributed by atoms with Crippen molar-refractivity contribution in [1.29, 1.82) is 5.26 Å². The van der Waals surface area contributed by atoms with Gasteiger partial charge in [0.15, 0.2) is 0 Å². The Morgan fingerprint density at radius 1 is 1.42 bits per heavy atom. The molecule has 1 aromatic heterocycles. The minimum atomic E-state index is -0.386. The van der Waals surface area contributed by atoms with E-state index in [4.69, 9.17) is 21.3 Å². The number of nitrogens with zero attached hydrogens (tertiary/aromatic N) is 1. The molecule has 0 saturated carbocycles. The van der Waals surface area contributed by atoms with Crippen LogP contribution in [0.2, 0.25) is 5.02 Å². The molecule has 19 heavy (non-hydrogen) atoms. The number of benzene rings is 1. The Morgan fingerprint density at radius 3 is 2.95 bits per heavy atom. The van der Waals surface area contributed by atoms with E-state index in [9.17, 15) is 4.79 Å². The molecule has 0 bridgehead atoms. The summed E-state index contributed by atoms with van der Waals surface area (Å²) in [7, 11) is 0. The van der Waals surface area contributed by atoms with Gasteiger partial charge in [0.2, 0.25) is 0 Å². The van der Waals surface area contributed by atoms with Gasteiger partial charge in [0.1, 0.15) is 11.8 Å². The standard InChI is InChI=1S/C13H10ClN3O2/c14-12-4-3-10(6-9(12)7-15)17-13(18)16-8-11-2-1-5-19-11/h1-6H,8H2,(H2,16,17,18). The van der Waals surface area contributed by atoms with Crippen molar-refractivity contribution in [2.45, 2.75) is 6.54 Å². The number of furan rings is 1. The van der Waals surface area contributed by atoms with Crippen LogP contribution >= 0.6 is 11.6 Å². The summed E-state index contributed by atoms with van der Waals surface area (Å²) in [6, 6.07) is 9.75. The van der Waals surface area contributed by atoms with Crippen LogP contribution in [0.3, 0.4) is 0 Å². The number of nitriles is 1. The molecule has 0 aliphatic heterocycles. The lowest BCUT2D eigenvalue weighted by atomic mass is 10.2. The van der Waals surface area contributed by atoms with Crippen molar-refractivity contribution in [3.63, 3.8) is 0 Å². The van der Waals surface area contributed by atoms with Gasteiger partial charge in [0, 0.05) is 5.69 Å². The van der Waals surface area contributed by atoms with Crippen molar-refractivity contribution in [1.82, 2.24) is 5.32 Å². The van der Waals surface area contributed by atoms with E-state index in [2.05, 4.69) is 10.6 Å². The molecular formula is C13H10ClN3O2. The lowest BCUT2D eigenvalue weighted by molar-refractivity contribution is 0.251. The van der Waals surface area contributed by atoms with E-state index < -0.39 is 0 Å². The molecule has 0 atom stereocenters. The number of nitrogens with one attached hydrogen (secondary N) is 2. The number of halogens is 1. The van der Waals surface area contributed by atoms with E-state index in [1.54, 1.807) is 24.3 Å². The average Bonchev–Trinajstić information content (AvgIpc) is 2.92. The Bertz CT molecular complexity index is 617. The first-order chi connectivity index (χ1) is 9.19. The number of amides is 2. The van der Waals surface area contributed by atoms with Gasteiger partial charge in [-0.15, -0.1) is 0 Å². The molecule has 1 heterocycles. The van der Waals surface area contributed by atoms with Gasteiger partial charge in [-0.25, -0.2) is 4.79 Å². The predicted octanol–water partition coefficient (Wildman–Crippen LogP) is 3.13. The highest BCUT2D eigenvalue weighted by Crippen LogP contribution is 2.19. The van der Waals surface area contributed by atoms with Gasteiger partial charge in [-0.3, -0.25) is 0 Å². The van der Waals surface area contributed by atoms with Gasteiger partial charge in [-0.2, -0.15) is 5.26 Å². The second kappa shape index (κ2) is 5.94. The molecule has 0 fully saturated rings. The van der Waals surface area contributed by atoms with Gasteiger partial charge in [0.05, 0.1) is 23.4 Å². The summed E-state index contributed by atoms with van der Waals surface area (Å²) in [6.45, 7) is 0.289. The molecule has 0 saturated heterocycles. The number of carbonyl (C=O) groups excluding carboxylic acids is 1. The molecule has 2 aromatic rings. The molecule has 5 nitrogen and oxygen atoms in total. The minimum Gasteiger partial charge on any atom is -0.467 e. The van der Waals surface area contributed by atoms with Gasteiger partial charge in [0.25, 0.3) is 0 Å². The van der Waals surface area contributed by atoms with Gasteiger partial charge < -0.3 is 15.1 Å². The zero-order valence-corrected chi connectivity index (χ0v) is 10.6. The maximum atomic E-state index is 11.6. The molecule has 96 valence electrons. The number of urea groups is 1. The molecule has 2 rings (SSSR count). The van der Waals surface area contributed by atoms with Crippen LogP contribution < -0.4 is 10.6 Å². The van der Waals surface area contributed by atoms with Crippen molar-refractivity contribution in [2.24, 2.45) is 0 Å². The summed E-state index contributed by atoms with van der Waals surface area (Å²) in [5.74, 6) is 0.656. The van der Waals surface area contributed by atoms with Crippen LogP contribution in [0.25, 0.3) is 0 Å². The first-order valence-corrected chi connectivity index (χ1v) is 5.83. The quantitative estimate of drug-likeness (QED) is 0.903. The third-order valence-electron chi connectivity index (χ3n) is 2.35. The van der Waals surface area contributed by atoms with E-state index in [1.807, 2.05) is 6.07 Å². The molecule has 0 spiro atoms. The van der Waals surface area contributed by atoms with E-state index in [-0.39, 0.29) is 12.6 Å². The Balaban J connectivity index is 1.94. The Hall–Kier alpha value is -2.45. The second-order valence-corrected chi connectivity index (χ2v) is 4.10. The third-order valence-corrected chi connectivity index (χ3v) is 2.68. The number of hydrogen-bond donors (Lipinski definition) is 2. The highest BCUT2D eigenvalue weighted by molar-refractivity contribution is 6.31. The maximum absolute atomic E-state index is 11.6. The van der Waals surface area contributed by atoms with Crippen LogP contribution in [0.1, 0.15) is 11.3 Å². The molecule has 2 amide bonds. The fourth-order valence-electron chi connectivity index (χ4n) is 1.44. The van der Waals surface area contributed by atoms with E-state index in [0.717, 1.165) is 0 Å². The van der Waals surface area contributed by atoms with Crippen LogP contribution in [0.5, 0.6) is 0 Å². The molecule has 0 aliphatic rings. The topological polar surface area (TPSA) is 78.1 Å². The number of rotatable bonds is 3. The Kier molecular flexibility index (Phi) is 4.06. The largest absolute Gasteiger partial charge is 0.467 e. The predicted molar refractivity (Wildman–Crippen MR) is 70.7 cm³/mol. The van der Waals surface area contributed by atoms with Crippen molar-refractivity contribution < 1.29 is 9.21 Å². The zero-order valence-electron chi connectivity index (χ0n) is 9.81. The molecule has 6 heteroatoms. The summed E-state index contributed by atoms with van der Waals surface area (Å²) < 4.78 is 5.08. The third kappa shape index (κ3) is 3.50. The summed E-state index contributed by atoms with van der Waals surface area (Å²) in [5, 5.41) is 14.4. The van der Waals surface area contributed by atoms with E-state index in [1.165, 1.54) is 12.3 Å². The number of carbonyl (C=O) groups is 1. The summed E-state index contributed by atoms with van der Waals surface area (Å²) in [5.41, 5.74) is 0.809. The first-order valence-electron chi connectivity index (χ1n) is 5.46. The number of anilines is 1. The van der Waals surface area contributed by atoms with Crippen molar-refractivity contribution in [3.8, 4) is 6.07 Å². The van der Waals surface area contributed by atoms with E-state index in [0.29, 0.717) is 22.0 Å². The lowest BCUT2D eigenvalue weighted by Crippen LogP contribution is -2.28. The smallest absolute Gasteiger partial charge is 0.319 e. The van der Waals surface area contributed by atoms with E-state index >= 15 is 0 Å². The van der Waals surface area contributed by atoms with Crippen LogP contribution in [-0.2, 0) is 6.54 Å². The highest BCUT2D eigenvalue weighted by atomic mass is 35.5. The minimum absolute atomic E-state index is 0.289. The van der Waals surface area contributed by atoms with Gasteiger partial charge in [-0.1, -0.05) is 11.6 Å². The van der Waals surface area contributed by atoms with Gasteiger partial charge in [-0.05, 0) is 30.3 Å². The summed E-state index contributed by atoms with van der Waals surface area (Å²) in [4.78, 5) is 11.6. The highest BCUT2D eigenvalue weighted by Gasteiger charge is 2.05. The fraction of sp³-hybridized carbons (Fsp3) is 0.0769. The summed E-state index contributed by atoms with van der Waals surface area (Å²) >= 11 is 5.80. The molecule has 0 radical (unpaired) electrons. The Labute approximate surface area is 114 Å². The molecule has 0 aliphatic carbocycles. The normalized spacial score (nSPS) is 9.68. The lowest BCUT2D eigenvalue weighted by Gasteiger charge is -2.07. The maximum Gasteiger partial charge on any atom is 0.319 e. The second-order valence-electron chi connectivity index (χ2n) is 3.69. The average molecular weight is 276 g/mol. The summed E-state index contributed by atoms with van der Waals surface area (Å²) in [6.07, 6.45) is 1.54. The molecule has 2 N–H and O–H groups in total. The van der Waals surface area contributed by atoms with Crippen LogP contribution in [0, 0.1) is 11.3 Å². The first kappa shape index (κ1) is 13.0. The zero-order chi connectivity index (χ0) is 13.7. The van der Waals surface area contributed by atoms with Crippen molar-refractivity contribution in [2.75, 3.05) is 5.32 Å².